The smallest absolute Gasteiger partial charge is 0.152 e. The normalized spacial score (nSPS) is 10.9. The highest BCUT2D eigenvalue weighted by atomic mass is 35.5. The van der Waals surface area contributed by atoms with E-state index in [2.05, 4.69) is 10.8 Å². The molecule has 0 spiro atoms. The Morgan fingerprint density at radius 3 is 3.00 bits per heavy atom. The zero-order valence-electron chi connectivity index (χ0n) is 9.65. The number of hydrogen-bond donors (Lipinski definition) is 0. The first-order valence-electron chi connectivity index (χ1n) is 5.49. The highest BCUT2D eigenvalue weighted by molar-refractivity contribution is 7.98. The second-order valence-corrected chi connectivity index (χ2v) is 5.33. The number of rotatable bonds is 5. The van der Waals surface area contributed by atoms with Crippen molar-refractivity contribution in [2.45, 2.75) is 13.0 Å². The van der Waals surface area contributed by atoms with Crippen LogP contribution in [-0.4, -0.2) is 22.9 Å². The molecule has 0 bridgehead atoms. The van der Waals surface area contributed by atoms with Gasteiger partial charge < -0.3 is 4.57 Å². The lowest BCUT2D eigenvalue weighted by Gasteiger charge is -2.04. The van der Waals surface area contributed by atoms with Crippen molar-refractivity contribution in [1.82, 2.24) is 4.57 Å². The van der Waals surface area contributed by atoms with Gasteiger partial charge in [0.05, 0.1) is 5.52 Å². The molecule has 4 heteroatoms. The van der Waals surface area contributed by atoms with Gasteiger partial charge in [0.25, 0.3) is 0 Å². The van der Waals surface area contributed by atoms with Gasteiger partial charge in [0.15, 0.2) is 6.29 Å². The van der Waals surface area contributed by atoms with Gasteiger partial charge in [0, 0.05) is 28.7 Å². The van der Waals surface area contributed by atoms with Gasteiger partial charge in [0.1, 0.15) is 0 Å². The molecule has 17 heavy (non-hydrogen) atoms. The molecule has 0 saturated heterocycles. The van der Waals surface area contributed by atoms with Crippen molar-refractivity contribution < 1.29 is 4.79 Å². The highest BCUT2D eigenvalue weighted by Crippen LogP contribution is 2.24. The molecule has 1 aromatic heterocycles. The number of thioether (sulfide) groups is 1. The molecule has 1 heterocycles. The summed E-state index contributed by atoms with van der Waals surface area (Å²) in [6, 6.07) is 5.65. The summed E-state index contributed by atoms with van der Waals surface area (Å²) in [6.45, 7) is 0.922. The molecule has 90 valence electrons. The maximum Gasteiger partial charge on any atom is 0.152 e. The fraction of sp³-hybridized carbons (Fsp3) is 0.308. The van der Waals surface area contributed by atoms with E-state index < -0.39 is 0 Å². The van der Waals surface area contributed by atoms with Gasteiger partial charge in [-0.2, -0.15) is 11.8 Å². The van der Waals surface area contributed by atoms with Crippen molar-refractivity contribution in [3.63, 3.8) is 0 Å². The molecular weight excluding hydrogens is 254 g/mol. The Bertz CT molecular complexity index is 535. The summed E-state index contributed by atoms with van der Waals surface area (Å²) in [7, 11) is 0. The van der Waals surface area contributed by atoms with E-state index in [1.54, 1.807) is 0 Å². The Kier molecular flexibility index (Phi) is 4.13. The molecule has 0 aliphatic rings. The maximum atomic E-state index is 11.0. The maximum absolute atomic E-state index is 11.0. The summed E-state index contributed by atoms with van der Waals surface area (Å²) in [5.41, 5.74) is 1.78. The Morgan fingerprint density at radius 2 is 2.29 bits per heavy atom. The van der Waals surface area contributed by atoms with E-state index in [4.69, 9.17) is 11.6 Å². The number of benzene rings is 1. The van der Waals surface area contributed by atoms with Gasteiger partial charge in [-0.05, 0) is 30.6 Å². The number of hydrogen-bond acceptors (Lipinski definition) is 2. The number of nitrogens with zero attached hydrogens (tertiary/aromatic N) is 1. The number of halogens is 1. The molecule has 2 aromatic rings. The van der Waals surface area contributed by atoms with Crippen LogP contribution in [0.5, 0.6) is 0 Å². The summed E-state index contributed by atoms with van der Waals surface area (Å²) in [5.74, 6) is 1.12. The first-order chi connectivity index (χ1) is 8.26. The summed E-state index contributed by atoms with van der Waals surface area (Å²) >= 11 is 7.83. The zero-order chi connectivity index (χ0) is 12.3. The summed E-state index contributed by atoms with van der Waals surface area (Å²) in [5, 5.41) is 1.69. The van der Waals surface area contributed by atoms with Gasteiger partial charge in [-0.3, -0.25) is 4.79 Å². The van der Waals surface area contributed by atoms with Gasteiger partial charge in [-0.25, -0.2) is 0 Å². The summed E-state index contributed by atoms with van der Waals surface area (Å²) in [6.07, 6.45) is 6.01. The molecule has 2 nitrogen and oxygen atoms in total. The van der Waals surface area contributed by atoms with Crippen molar-refractivity contribution in [3.05, 3.63) is 35.0 Å². The van der Waals surface area contributed by atoms with E-state index in [0.717, 1.165) is 41.5 Å². The van der Waals surface area contributed by atoms with Gasteiger partial charge in [-0.15, -0.1) is 0 Å². The van der Waals surface area contributed by atoms with Crippen LogP contribution in [0, 0.1) is 0 Å². The van der Waals surface area contributed by atoms with E-state index in [9.17, 15) is 4.79 Å². The number of fused-ring (bicyclic) bond motifs is 1. The minimum absolute atomic E-state index is 0.708. The van der Waals surface area contributed by atoms with Crippen LogP contribution >= 0.6 is 23.4 Å². The van der Waals surface area contributed by atoms with Crippen molar-refractivity contribution in [1.29, 1.82) is 0 Å². The third kappa shape index (κ3) is 2.67. The van der Waals surface area contributed by atoms with E-state index in [-0.39, 0.29) is 0 Å². The molecule has 0 atom stereocenters. The molecule has 2 rings (SSSR count). The minimum atomic E-state index is 0.708. The summed E-state index contributed by atoms with van der Waals surface area (Å²) < 4.78 is 2.11. The molecule has 0 fully saturated rings. The van der Waals surface area contributed by atoms with E-state index in [1.807, 2.05) is 36.2 Å². The first kappa shape index (κ1) is 12.5. The molecule has 0 amide bonds. The molecule has 0 radical (unpaired) electrons. The number of carbonyl (C=O) groups excluding carboxylic acids is 1. The van der Waals surface area contributed by atoms with Gasteiger partial charge in [-0.1, -0.05) is 17.7 Å². The SMILES string of the molecule is CSCCCn1cc(C=O)c2ccc(Cl)cc21. The average Bonchev–Trinajstić information content (AvgIpc) is 2.67. The first-order valence-corrected chi connectivity index (χ1v) is 7.26. The van der Waals surface area contributed by atoms with Crippen LogP contribution < -0.4 is 0 Å². The van der Waals surface area contributed by atoms with Gasteiger partial charge in [0.2, 0.25) is 0 Å². The van der Waals surface area contributed by atoms with Crippen molar-refractivity contribution in [2.24, 2.45) is 0 Å². The fourth-order valence-electron chi connectivity index (χ4n) is 1.95. The number of carbonyl (C=O) groups is 1. The lowest BCUT2D eigenvalue weighted by atomic mass is 10.2. The predicted molar refractivity (Wildman–Crippen MR) is 75.3 cm³/mol. The van der Waals surface area contributed by atoms with Crippen LogP contribution in [0.4, 0.5) is 0 Å². The second kappa shape index (κ2) is 5.61. The Hall–Kier alpha value is -0.930. The Morgan fingerprint density at radius 1 is 1.47 bits per heavy atom. The number of aromatic nitrogens is 1. The standard InChI is InChI=1S/C13H14ClNOS/c1-17-6-2-5-15-8-10(9-16)12-4-3-11(14)7-13(12)15/h3-4,7-9H,2,5-6H2,1H3. The second-order valence-electron chi connectivity index (χ2n) is 3.90. The van der Waals surface area contributed by atoms with Crippen molar-refractivity contribution >= 4 is 40.6 Å². The quantitative estimate of drug-likeness (QED) is 0.606. The van der Waals surface area contributed by atoms with Crippen LogP contribution in [-0.2, 0) is 6.54 Å². The number of aldehydes is 1. The van der Waals surface area contributed by atoms with E-state index in [0.29, 0.717) is 5.02 Å². The van der Waals surface area contributed by atoms with Crippen LogP contribution in [0.3, 0.4) is 0 Å². The number of aryl methyl sites for hydroxylation is 1. The van der Waals surface area contributed by atoms with Crippen LogP contribution in [0.25, 0.3) is 10.9 Å². The van der Waals surface area contributed by atoms with E-state index in [1.165, 1.54) is 0 Å². The lowest BCUT2D eigenvalue weighted by Crippen LogP contribution is -1.97. The minimum Gasteiger partial charge on any atom is -0.347 e. The molecule has 1 aromatic carbocycles. The monoisotopic (exact) mass is 267 g/mol. The molecule has 0 aliphatic carbocycles. The third-order valence-electron chi connectivity index (χ3n) is 2.75. The summed E-state index contributed by atoms with van der Waals surface area (Å²) in [4.78, 5) is 11.0. The van der Waals surface area contributed by atoms with Gasteiger partial charge >= 0.3 is 0 Å². The zero-order valence-corrected chi connectivity index (χ0v) is 11.2. The van der Waals surface area contributed by atoms with Crippen molar-refractivity contribution in [3.8, 4) is 0 Å². The molecule has 0 N–H and O–H groups in total. The van der Waals surface area contributed by atoms with Crippen LogP contribution in [0.15, 0.2) is 24.4 Å². The third-order valence-corrected chi connectivity index (χ3v) is 3.68. The highest BCUT2D eigenvalue weighted by Gasteiger charge is 2.07. The van der Waals surface area contributed by atoms with Crippen molar-refractivity contribution in [2.75, 3.05) is 12.0 Å². The molecule has 0 aliphatic heterocycles. The molecule has 0 saturated carbocycles. The largest absolute Gasteiger partial charge is 0.347 e. The van der Waals surface area contributed by atoms with Crippen LogP contribution in [0.1, 0.15) is 16.8 Å². The topological polar surface area (TPSA) is 22.0 Å². The average molecular weight is 268 g/mol. The van der Waals surface area contributed by atoms with Crippen LogP contribution in [0.2, 0.25) is 5.02 Å². The predicted octanol–water partition coefficient (Wildman–Crippen LogP) is 3.86. The molecular formula is C13H14ClNOS. The Labute approximate surface area is 110 Å². The fourth-order valence-corrected chi connectivity index (χ4v) is 2.54. The Balaban J connectivity index is 2.40. The van der Waals surface area contributed by atoms with E-state index >= 15 is 0 Å². The molecule has 0 unspecified atom stereocenters. The lowest BCUT2D eigenvalue weighted by molar-refractivity contribution is 0.112.